The molecule has 29 nitrogen and oxygen atoms in total. The van der Waals surface area contributed by atoms with E-state index < -0.39 is 68.7 Å². The third-order valence-corrected chi connectivity index (χ3v) is 15.3. The van der Waals surface area contributed by atoms with Gasteiger partial charge in [0.25, 0.3) is 0 Å². The van der Waals surface area contributed by atoms with Crippen LogP contribution in [0, 0.1) is 5.92 Å². The third kappa shape index (κ3) is 50.0. The van der Waals surface area contributed by atoms with Gasteiger partial charge in [0.15, 0.2) is 0 Å². The van der Waals surface area contributed by atoms with Gasteiger partial charge in [-0.3, -0.25) is 19.2 Å². The number of aromatic nitrogens is 3. The lowest BCUT2D eigenvalue weighted by molar-refractivity contribution is -0.140. The van der Waals surface area contributed by atoms with E-state index >= 15 is 0 Å². The molecule has 0 saturated heterocycles. The first-order valence-corrected chi connectivity index (χ1v) is 36.1. The van der Waals surface area contributed by atoms with E-state index in [1.165, 1.54) is 7.11 Å². The first-order chi connectivity index (χ1) is 46.5. The molecule has 101 heavy (non-hydrogen) atoms. The number of esters is 1. The molecule has 6 amide bonds. The third-order valence-electron chi connectivity index (χ3n) is 15.3. The number of alkyl carbamates (subject to hydrolysis) is 3. The Kier molecular flexibility index (Phi) is 40.9. The lowest BCUT2D eigenvalue weighted by Gasteiger charge is -2.35. The van der Waals surface area contributed by atoms with Gasteiger partial charge in [-0.25, -0.2) is 14.4 Å². The van der Waals surface area contributed by atoms with Crippen molar-refractivity contribution in [2.75, 3.05) is 134 Å². The zero-order chi connectivity index (χ0) is 76.9. The summed E-state index contributed by atoms with van der Waals surface area (Å²) in [6.07, 6.45) is 3.05. The largest absolute Gasteiger partial charge is 0.469 e. The van der Waals surface area contributed by atoms with Crippen LogP contribution in [0.5, 0.6) is 0 Å². The number of ether oxygens (including phenoxy) is 10. The maximum atomic E-state index is 12.6. The first kappa shape index (κ1) is 92.9. The number of nitrogens with zero attached hydrogens (tertiary/aromatic N) is 5. The molecule has 1 aromatic heterocycles. The number of nitrogens with one attached hydrogen (secondary N) is 7. The molecule has 0 saturated carbocycles. The molecule has 29 heteroatoms. The van der Waals surface area contributed by atoms with Gasteiger partial charge >= 0.3 is 24.2 Å². The minimum Gasteiger partial charge on any atom is -0.469 e. The summed E-state index contributed by atoms with van der Waals surface area (Å²) < 4.78 is 59.1. The highest BCUT2D eigenvalue weighted by Crippen LogP contribution is 2.28. The molecule has 0 aliphatic carbocycles. The van der Waals surface area contributed by atoms with Crippen LogP contribution in [-0.2, 0) is 66.5 Å². The normalized spacial score (nSPS) is 12.7. The van der Waals surface area contributed by atoms with Crippen LogP contribution in [0.3, 0.4) is 0 Å². The van der Waals surface area contributed by atoms with Crippen LogP contribution in [0.4, 0.5) is 32.2 Å². The van der Waals surface area contributed by atoms with Gasteiger partial charge in [0.1, 0.15) is 16.8 Å². The number of hydrogen-bond acceptors (Lipinski definition) is 23. The second-order valence-electron chi connectivity index (χ2n) is 32.4. The Bertz CT molecular complexity index is 2530. The summed E-state index contributed by atoms with van der Waals surface area (Å²) in [4.78, 5) is 106. The fourth-order valence-corrected chi connectivity index (χ4v) is 9.06. The van der Waals surface area contributed by atoms with Crippen molar-refractivity contribution >= 4 is 59.8 Å². The number of methoxy groups -OCH3 is 1. The van der Waals surface area contributed by atoms with Crippen LogP contribution >= 0.6 is 0 Å². The van der Waals surface area contributed by atoms with Gasteiger partial charge in [-0.15, -0.1) is 0 Å². The van der Waals surface area contributed by atoms with Crippen molar-refractivity contribution in [1.82, 2.24) is 46.9 Å². The Labute approximate surface area is 605 Å². The number of anilines is 3. The van der Waals surface area contributed by atoms with Crippen molar-refractivity contribution < 1.29 is 80.9 Å². The molecular formula is C72H136N12O17. The molecule has 0 radical (unpaired) electrons. The van der Waals surface area contributed by atoms with Gasteiger partial charge in [0.2, 0.25) is 35.6 Å². The highest BCUT2D eigenvalue weighted by Gasteiger charge is 2.31. The van der Waals surface area contributed by atoms with E-state index in [-0.39, 0.29) is 121 Å². The Morgan fingerprint density at radius 3 is 0.921 bits per heavy atom. The number of carbonyl (C=O) groups excluding carboxylic acids is 7. The second-order valence-corrected chi connectivity index (χ2v) is 32.4. The highest BCUT2D eigenvalue weighted by atomic mass is 16.6. The average Bonchev–Trinajstić information content (AvgIpc) is 0.817. The summed E-state index contributed by atoms with van der Waals surface area (Å²) >= 11 is 0. The van der Waals surface area contributed by atoms with Gasteiger partial charge in [-0.2, -0.15) is 15.0 Å². The standard InChI is InChI=1S/C72H136N12O17/c1-53(2)26-43-83(44-30-67(12,13)96-50-33-70(18,19)93-47-27-54(85)73-37-40-77-61(89)99-64(3,4)5)59-80-58(76-36-25-57(88)92-24)81-60(82-59)84(45-31-68(14,15)97-51-34-71(20,21)94-48-28-55(86)74-38-41-78-62(90)100-65(6,7)8)46-32-69(16,17)98-52-35-72(22,23)95-49-29-56(87)75-39-42-79-63(91)101-66(9,10)11/h53H,25-52H2,1-24H3,(H,73,85)(H,74,86)(H,75,87)(H,77,89)(H,78,90)(H,79,91)(H,76,80,81,82). The Hall–Kier alpha value is -6.14. The van der Waals surface area contributed by atoms with E-state index in [1.807, 2.05) is 69.2 Å². The summed E-state index contributed by atoms with van der Waals surface area (Å²) in [6.45, 7) is 49.9. The van der Waals surface area contributed by atoms with Crippen molar-refractivity contribution in [2.24, 2.45) is 5.92 Å². The highest BCUT2D eigenvalue weighted by molar-refractivity contribution is 5.77. The topological polar surface area (TPSA) is 341 Å². The molecule has 0 atom stereocenters. The van der Waals surface area contributed by atoms with Gasteiger partial charge in [0, 0.05) is 91.3 Å². The molecule has 0 unspecified atom stereocenters. The van der Waals surface area contributed by atoms with Gasteiger partial charge in [-0.05, 0) is 196 Å². The number of hydrogen-bond donors (Lipinski definition) is 7. The summed E-state index contributed by atoms with van der Waals surface area (Å²) in [5.41, 5.74) is -5.57. The van der Waals surface area contributed by atoms with Crippen molar-refractivity contribution in [3.05, 3.63) is 0 Å². The number of amides is 6. The van der Waals surface area contributed by atoms with Crippen LogP contribution in [-0.4, -0.2) is 226 Å². The Morgan fingerprint density at radius 1 is 0.356 bits per heavy atom. The Morgan fingerprint density at radius 2 is 0.634 bits per heavy atom. The SMILES string of the molecule is COC(=O)CCNc1nc(N(CCC(C)C)CCC(C)(C)OCCC(C)(C)OCCC(=O)NCCNC(=O)OC(C)(C)C)nc(N(CCC(C)(C)OCCC(C)(C)OCCC(=O)NCCNC(=O)OC(C)(C)C)CCC(C)(C)OCCC(C)(C)OCCC(=O)NCCNC(=O)OC(C)(C)C)n1. The molecule has 1 rings (SSSR count). The van der Waals surface area contributed by atoms with Gasteiger partial charge in [0.05, 0.1) is 86.8 Å². The summed E-state index contributed by atoms with van der Waals surface area (Å²) in [5, 5.41) is 19.6. The summed E-state index contributed by atoms with van der Waals surface area (Å²) in [6, 6.07) is 0. The molecule has 1 heterocycles. The molecule has 0 bridgehead atoms. The molecule has 0 aromatic carbocycles. The van der Waals surface area contributed by atoms with Crippen LogP contribution in [0.1, 0.15) is 230 Å². The minimum absolute atomic E-state index is 0.0751. The van der Waals surface area contributed by atoms with E-state index in [0.29, 0.717) is 102 Å². The zero-order valence-corrected chi connectivity index (χ0v) is 66.6. The average molecular weight is 1440 g/mol. The zero-order valence-electron chi connectivity index (χ0n) is 66.6. The lowest BCUT2D eigenvalue weighted by atomic mass is 10.0. The Balaban J connectivity index is 3.43. The predicted octanol–water partition coefficient (Wildman–Crippen LogP) is 9.71. The van der Waals surface area contributed by atoms with Crippen LogP contribution in [0.2, 0.25) is 0 Å². The predicted molar refractivity (Wildman–Crippen MR) is 392 cm³/mol. The number of rotatable bonds is 51. The smallest absolute Gasteiger partial charge is 0.407 e. The molecule has 0 spiro atoms. The van der Waals surface area contributed by atoms with Gasteiger partial charge in [-0.1, -0.05) is 13.8 Å². The van der Waals surface area contributed by atoms with E-state index in [9.17, 15) is 33.6 Å². The fourth-order valence-electron chi connectivity index (χ4n) is 9.06. The van der Waals surface area contributed by atoms with E-state index in [1.54, 1.807) is 62.3 Å². The summed E-state index contributed by atoms with van der Waals surface area (Å²) in [5.74, 6) is 0.518. The van der Waals surface area contributed by atoms with E-state index in [4.69, 9.17) is 62.3 Å². The lowest BCUT2D eigenvalue weighted by Crippen LogP contribution is -2.40. The minimum atomic E-state index is -0.645. The van der Waals surface area contributed by atoms with Gasteiger partial charge < -0.3 is 94.4 Å². The van der Waals surface area contributed by atoms with Crippen molar-refractivity contribution in [3.8, 4) is 0 Å². The van der Waals surface area contributed by atoms with Crippen molar-refractivity contribution in [3.63, 3.8) is 0 Å². The fraction of sp³-hybridized carbons (Fsp3) is 0.861. The van der Waals surface area contributed by atoms with Crippen LogP contribution in [0.15, 0.2) is 0 Å². The molecule has 1 aromatic rings. The monoisotopic (exact) mass is 1440 g/mol. The van der Waals surface area contributed by atoms with Crippen LogP contribution < -0.4 is 47.0 Å². The number of carbonyl (C=O) groups is 7. The molecular weight excluding hydrogens is 1300 g/mol. The second kappa shape index (κ2) is 44.5. The molecule has 0 fully saturated rings. The van der Waals surface area contributed by atoms with Crippen molar-refractivity contribution in [1.29, 1.82) is 0 Å². The summed E-state index contributed by atoms with van der Waals surface area (Å²) in [7, 11) is 1.35. The van der Waals surface area contributed by atoms with Crippen molar-refractivity contribution in [2.45, 2.75) is 280 Å². The molecule has 0 aliphatic rings. The quantitative estimate of drug-likeness (QED) is 0.0181. The molecule has 586 valence electrons. The maximum Gasteiger partial charge on any atom is 0.407 e. The van der Waals surface area contributed by atoms with E-state index in [2.05, 4.69) is 74.7 Å². The van der Waals surface area contributed by atoms with Crippen LogP contribution in [0.25, 0.3) is 0 Å². The van der Waals surface area contributed by atoms with E-state index in [0.717, 1.165) is 6.42 Å². The molecule has 7 N–H and O–H groups in total. The molecule has 0 aliphatic heterocycles. The maximum absolute atomic E-state index is 12.6. The first-order valence-electron chi connectivity index (χ1n) is 36.1.